The molecule has 2 rings (SSSR count). The van der Waals surface area contributed by atoms with E-state index in [-0.39, 0.29) is 11.5 Å². The van der Waals surface area contributed by atoms with Gasteiger partial charge in [-0.3, -0.25) is 9.59 Å². The molecule has 0 spiro atoms. The second kappa shape index (κ2) is 10.1. The Morgan fingerprint density at radius 3 is 2.81 bits per heavy atom. The fraction of sp³-hybridized carbons (Fsp3) is 0.421. The molecular formula is C19H24N4O4. The summed E-state index contributed by atoms with van der Waals surface area (Å²) in [4.78, 5) is 25.7. The quantitative estimate of drug-likeness (QED) is 0.388. The molecule has 0 aromatic heterocycles. The summed E-state index contributed by atoms with van der Waals surface area (Å²) in [6, 6.07) is 6.87. The van der Waals surface area contributed by atoms with Gasteiger partial charge in [0.1, 0.15) is 23.1 Å². The Morgan fingerprint density at radius 2 is 2.19 bits per heavy atom. The zero-order valence-corrected chi connectivity index (χ0v) is 15.6. The molecule has 0 bridgehead atoms. The minimum absolute atomic E-state index is 0.0582. The fourth-order valence-electron chi connectivity index (χ4n) is 2.74. The van der Waals surface area contributed by atoms with Crippen LogP contribution in [0.15, 0.2) is 30.0 Å². The van der Waals surface area contributed by atoms with Gasteiger partial charge >= 0.3 is 0 Å². The normalized spacial score (nSPS) is 13.9. The van der Waals surface area contributed by atoms with Crippen LogP contribution in [0.5, 0.6) is 11.5 Å². The van der Waals surface area contributed by atoms with Gasteiger partial charge in [-0.25, -0.2) is 0 Å². The van der Waals surface area contributed by atoms with Gasteiger partial charge in [0, 0.05) is 38.3 Å². The first-order valence-corrected chi connectivity index (χ1v) is 8.74. The van der Waals surface area contributed by atoms with Crippen LogP contribution in [0.25, 0.3) is 0 Å². The topological polar surface area (TPSA) is 104 Å². The van der Waals surface area contributed by atoms with Gasteiger partial charge in [0.2, 0.25) is 5.91 Å². The number of anilines is 1. The Morgan fingerprint density at radius 1 is 1.37 bits per heavy atom. The molecule has 2 amide bonds. The maximum Gasteiger partial charge on any atom is 0.267 e. The zero-order chi connectivity index (χ0) is 19.6. The number of likely N-dealkylation sites (tertiary alicyclic amines) is 1. The lowest BCUT2D eigenvalue weighted by Crippen LogP contribution is -2.27. The number of carbonyl (C=O) groups excluding carboxylic acids is 2. The first kappa shape index (κ1) is 20.1. The number of nitriles is 1. The zero-order valence-electron chi connectivity index (χ0n) is 15.6. The van der Waals surface area contributed by atoms with Crippen molar-refractivity contribution < 1.29 is 19.1 Å². The highest BCUT2D eigenvalue weighted by Crippen LogP contribution is 2.29. The standard InChI is InChI=1S/C19H24N4O4/c1-26-15-6-7-17(27-2)16(11-15)22-19(25)14(12-20)13-21-8-4-10-23-9-3-5-18(23)24/h6-7,11,13,21H,3-5,8-10H2,1-2H3,(H,22,25)/b14-13-. The van der Waals surface area contributed by atoms with Gasteiger partial charge < -0.3 is 25.0 Å². The van der Waals surface area contributed by atoms with Crippen molar-refractivity contribution in [2.24, 2.45) is 0 Å². The van der Waals surface area contributed by atoms with Gasteiger partial charge in [0.15, 0.2) is 0 Å². The van der Waals surface area contributed by atoms with Crippen LogP contribution in [0.4, 0.5) is 5.69 Å². The monoisotopic (exact) mass is 372 g/mol. The lowest BCUT2D eigenvalue weighted by Gasteiger charge is -2.15. The van der Waals surface area contributed by atoms with Crippen molar-refractivity contribution in [1.29, 1.82) is 5.26 Å². The van der Waals surface area contributed by atoms with E-state index in [4.69, 9.17) is 9.47 Å². The summed E-state index contributed by atoms with van der Waals surface area (Å²) in [6.07, 6.45) is 3.67. The Labute approximate surface area is 158 Å². The van der Waals surface area contributed by atoms with Crippen LogP contribution in [-0.4, -0.2) is 50.6 Å². The van der Waals surface area contributed by atoms with Crippen LogP contribution in [0.1, 0.15) is 19.3 Å². The molecular weight excluding hydrogens is 348 g/mol. The minimum Gasteiger partial charge on any atom is -0.497 e. The molecule has 8 heteroatoms. The molecule has 2 N–H and O–H groups in total. The number of methoxy groups -OCH3 is 2. The first-order chi connectivity index (χ1) is 13.1. The molecule has 0 saturated carbocycles. The van der Waals surface area contributed by atoms with Crippen molar-refractivity contribution in [1.82, 2.24) is 10.2 Å². The SMILES string of the molecule is COc1ccc(OC)c(NC(=O)/C(C#N)=C\NCCCN2CCCC2=O)c1. The van der Waals surface area contributed by atoms with Gasteiger partial charge in [-0.15, -0.1) is 0 Å². The number of benzene rings is 1. The number of nitrogens with zero attached hydrogens (tertiary/aromatic N) is 2. The molecule has 1 aliphatic rings. The first-order valence-electron chi connectivity index (χ1n) is 8.74. The molecule has 0 aliphatic carbocycles. The second-order valence-corrected chi connectivity index (χ2v) is 5.98. The van der Waals surface area contributed by atoms with E-state index in [1.807, 2.05) is 11.0 Å². The lowest BCUT2D eigenvalue weighted by atomic mass is 10.2. The molecule has 1 aliphatic heterocycles. The third kappa shape index (κ3) is 5.64. The van der Waals surface area contributed by atoms with Crippen molar-refractivity contribution in [3.63, 3.8) is 0 Å². The predicted molar refractivity (Wildman–Crippen MR) is 100 cm³/mol. The van der Waals surface area contributed by atoms with Crippen LogP contribution < -0.4 is 20.1 Å². The highest BCUT2D eigenvalue weighted by atomic mass is 16.5. The maximum atomic E-state index is 12.3. The number of nitrogens with one attached hydrogen (secondary N) is 2. The van der Waals surface area contributed by atoms with Crippen molar-refractivity contribution in [3.05, 3.63) is 30.0 Å². The largest absolute Gasteiger partial charge is 0.497 e. The van der Waals surface area contributed by atoms with E-state index in [0.29, 0.717) is 36.7 Å². The van der Waals surface area contributed by atoms with E-state index < -0.39 is 5.91 Å². The van der Waals surface area contributed by atoms with Gasteiger partial charge in [-0.1, -0.05) is 0 Å². The van der Waals surface area contributed by atoms with Gasteiger partial charge in [-0.2, -0.15) is 5.26 Å². The number of hydrogen-bond acceptors (Lipinski definition) is 6. The average molecular weight is 372 g/mol. The van der Waals surface area contributed by atoms with Crippen LogP contribution >= 0.6 is 0 Å². The Kier molecular flexibility index (Phi) is 7.49. The van der Waals surface area contributed by atoms with Crippen LogP contribution in [0.3, 0.4) is 0 Å². The maximum absolute atomic E-state index is 12.3. The number of rotatable bonds is 9. The van der Waals surface area contributed by atoms with E-state index >= 15 is 0 Å². The second-order valence-electron chi connectivity index (χ2n) is 5.98. The van der Waals surface area contributed by atoms with E-state index in [1.165, 1.54) is 20.4 Å². The molecule has 0 radical (unpaired) electrons. The van der Waals surface area contributed by atoms with Gasteiger partial charge in [0.05, 0.1) is 19.9 Å². The Hall–Kier alpha value is -3.21. The fourth-order valence-corrected chi connectivity index (χ4v) is 2.74. The molecule has 1 saturated heterocycles. The van der Waals surface area contributed by atoms with Crippen molar-refractivity contribution in [2.75, 3.05) is 39.2 Å². The Bertz CT molecular complexity index is 755. The minimum atomic E-state index is -0.550. The summed E-state index contributed by atoms with van der Waals surface area (Å²) in [6.45, 7) is 2.04. The summed E-state index contributed by atoms with van der Waals surface area (Å²) >= 11 is 0. The van der Waals surface area contributed by atoms with Crippen LogP contribution in [0.2, 0.25) is 0 Å². The summed E-state index contributed by atoms with van der Waals surface area (Å²) in [5, 5.41) is 14.8. The van der Waals surface area contributed by atoms with E-state index in [1.54, 1.807) is 18.2 Å². The molecule has 1 heterocycles. The molecule has 1 aromatic carbocycles. The Balaban J connectivity index is 1.88. The van der Waals surface area contributed by atoms with E-state index in [9.17, 15) is 14.9 Å². The number of ether oxygens (including phenoxy) is 2. The third-order valence-electron chi connectivity index (χ3n) is 4.19. The molecule has 1 aromatic rings. The molecule has 27 heavy (non-hydrogen) atoms. The third-order valence-corrected chi connectivity index (χ3v) is 4.19. The highest BCUT2D eigenvalue weighted by Gasteiger charge is 2.19. The molecule has 0 unspecified atom stereocenters. The van der Waals surface area contributed by atoms with E-state index in [2.05, 4.69) is 10.6 Å². The van der Waals surface area contributed by atoms with E-state index in [0.717, 1.165) is 19.4 Å². The van der Waals surface area contributed by atoms with Gasteiger partial charge in [0.25, 0.3) is 5.91 Å². The lowest BCUT2D eigenvalue weighted by molar-refractivity contribution is -0.127. The smallest absolute Gasteiger partial charge is 0.267 e. The summed E-state index contributed by atoms with van der Waals surface area (Å²) in [5.74, 6) is 0.661. The summed E-state index contributed by atoms with van der Waals surface area (Å²) in [5.41, 5.74) is 0.354. The predicted octanol–water partition coefficient (Wildman–Crippen LogP) is 1.65. The van der Waals surface area contributed by atoms with Gasteiger partial charge in [-0.05, 0) is 25.0 Å². The number of amides is 2. The van der Waals surface area contributed by atoms with Crippen molar-refractivity contribution >= 4 is 17.5 Å². The number of hydrogen-bond donors (Lipinski definition) is 2. The average Bonchev–Trinajstić information content (AvgIpc) is 3.09. The molecule has 144 valence electrons. The molecule has 8 nitrogen and oxygen atoms in total. The van der Waals surface area contributed by atoms with Crippen molar-refractivity contribution in [3.8, 4) is 17.6 Å². The summed E-state index contributed by atoms with van der Waals surface area (Å²) in [7, 11) is 3.01. The van der Waals surface area contributed by atoms with Crippen molar-refractivity contribution in [2.45, 2.75) is 19.3 Å². The molecule has 1 fully saturated rings. The summed E-state index contributed by atoms with van der Waals surface area (Å²) < 4.78 is 10.3. The molecule has 0 atom stereocenters. The number of carbonyl (C=O) groups is 2. The van der Waals surface area contributed by atoms with Crippen LogP contribution in [0, 0.1) is 11.3 Å². The highest BCUT2D eigenvalue weighted by molar-refractivity contribution is 6.07. The van der Waals surface area contributed by atoms with Crippen LogP contribution in [-0.2, 0) is 9.59 Å².